The van der Waals surface area contributed by atoms with Crippen LogP contribution >= 0.6 is 11.3 Å². The van der Waals surface area contributed by atoms with Crippen molar-refractivity contribution in [2.75, 3.05) is 18.4 Å². The minimum Gasteiger partial charge on any atom is -0.326 e. The van der Waals surface area contributed by atoms with Gasteiger partial charge in [-0.25, -0.2) is 8.42 Å². The smallest absolute Gasteiger partial charge is 0.307 e. The summed E-state index contributed by atoms with van der Waals surface area (Å²) in [6.07, 6.45) is 0.938. The summed E-state index contributed by atoms with van der Waals surface area (Å²) in [5.41, 5.74) is 3.76. The molecule has 1 aromatic heterocycles. The molecule has 0 atom stereocenters. The van der Waals surface area contributed by atoms with Crippen molar-refractivity contribution in [3.8, 4) is 0 Å². The average Bonchev–Trinajstić information content (AvgIpc) is 3.04. The summed E-state index contributed by atoms with van der Waals surface area (Å²) in [6, 6.07) is 10.6. The summed E-state index contributed by atoms with van der Waals surface area (Å²) in [6.45, 7) is 4.60. The summed E-state index contributed by atoms with van der Waals surface area (Å²) in [5, 5.41) is 2.96. The quantitative estimate of drug-likeness (QED) is 0.649. The highest BCUT2D eigenvalue weighted by atomic mass is 32.2. The van der Waals surface area contributed by atoms with E-state index in [1.54, 1.807) is 25.2 Å². The van der Waals surface area contributed by atoms with Gasteiger partial charge in [0.2, 0.25) is 15.9 Å². The summed E-state index contributed by atoms with van der Waals surface area (Å²) in [5.74, 6) is -0.300. The second-order valence-electron chi connectivity index (χ2n) is 8.02. The fourth-order valence-electron chi connectivity index (χ4n) is 3.85. The van der Waals surface area contributed by atoms with Gasteiger partial charge in [0.05, 0.1) is 15.1 Å². The zero-order valence-electron chi connectivity index (χ0n) is 17.7. The molecular formula is C22H25N3O4S2. The van der Waals surface area contributed by atoms with E-state index in [9.17, 15) is 18.0 Å². The number of hydrogen-bond donors (Lipinski definition) is 1. The molecule has 0 aliphatic carbocycles. The van der Waals surface area contributed by atoms with E-state index in [2.05, 4.69) is 5.32 Å². The number of nitrogens with zero attached hydrogens (tertiary/aromatic N) is 2. The third-order valence-corrected chi connectivity index (χ3v) is 8.89. The summed E-state index contributed by atoms with van der Waals surface area (Å²) >= 11 is 1.03. The van der Waals surface area contributed by atoms with Gasteiger partial charge in [-0.05, 0) is 68.1 Å². The Balaban J connectivity index is 1.44. The summed E-state index contributed by atoms with van der Waals surface area (Å²) < 4.78 is 29.8. The van der Waals surface area contributed by atoms with Gasteiger partial charge < -0.3 is 9.88 Å². The molecule has 0 spiro atoms. The molecule has 9 heteroatoms. The van der Waals surface area contributed by atoms with Crippen LogP contribution in [0.2, 0.25) is 0 Å². The van der Waals surface area contributed by atoms with Gasteiger partial charge in [0, 0.05) is 31.7 Å². The van der Waals surface area contributed by atoms with Crippen molar-refractivity contribution in [1.29, 1.82) is 0 Å². The first-order chi connectivity index (χ1) is 14.7. The number of thiazole rings is 1. The molecule has 0 bridgehead atoms. The number of benzene rings is 2. The molecule has 2 aromatic carbocycles. The molecule has 1 aliphatic heterocycles. The standard InChI is InChI=1S/C22H25N3O4S2/c1-14-4-5-17(12-15(14)2)23-21(26)16-8-10-25(11-9-16)31(28,29)18-6-7-19-20(13-18)30-22(27)24(19)3/h4-7,12-13,16H,8-11H2,1-3H3,(H,23,26). The highest BCUT2D eigenvalue weighted by Gasteiger charge is 2.32. The number of aryl methyl sites for hydroxylation is 3. The number of sulfonamides is 1. The van der Waals surface area contributed by atoms with E-state index in [4.69, 9.17) is 0 Å². The molecule has 1 aliphatic rings. The maximum absolute atomic E-state index is 13.1. The maximum atomic E-state index is 13.1. The van der Waals surface area contributed by atoms with Crippen LogP contribution in [0, 0.1) is 19.8 Å². The number of carbonyl (C=O) groups is 1. The normalized spacial score (nSPS) is 16.0. The van der Waals surface area contributed by atoms with Crippen molar-refractivity contribution in [2.24, 2.45) is 13.0 Å². The Morgan fingerprint density at radius 2 is 1.77 bits per heavy atom. The summed E-state index contributed by atoms with van der Waals surface area (Å²) in [7, 11) is -2.01. The molecule has 7 nitrogen and oxygen atoms in total. The monoisotopic (exact) mass is 459 g/mol. The molecule has 0 saturated carbocycles. The van der Waals surface area contributed by atoms with E-state index in [1.807, 2.05) is 32.0 Å². The molecular weight excluding hydrogens is 434 g/mol. The van der Waals surface area contributed by atoms with Crippen LogP contribution in [0.1, 0.15) is 24.0 Å². The summed E-state index contributed by atoms with van der Waals surface area (Å²) in [4.78, 5) is 24.6. The average molecular weight is 460 g/mol. The fraction of sp³-hybridized carbons (Fsp3) is 0.364. The first kappa shape index (κ1) is 21.7. The molecule has 1 N–H and O–H groups in total. The van der Waals surface area contributed by atoms with Gasteiger partial charge in [-0.15, -0.1) is 0 Å². The highest BCUT2D eigenvalue weighted by Crippen LogP contribution is 2.28. The van der Waals surface area contributed by atoms with Gasteiger partial charge in [0.15, 0.2) is 0 Å². The second kappa shape index (κ2) is 8.22. The number of piperidine rings is 1. The Morgan fingerprint density at radius 1 is 1.06 bits per heavy atom. The Bertz CT molecular complexity index is 1320. The number of aromatic nitrogens is 1. The highest BCUT2D eigenvalue weighted by molar-refractivity contribution is 7.89. The number of carbonyl (C=O) groups excluding carboxylic acids is 1. The molecule has 1 fully saturated rings. The molecule has 4 rings (SSSR count). The SMILES string of the molecule is Cc1ccc(NC(=O)C2CCN(S(=O)(=O)c3ccc4c(c3)sc(=O)n4C)CC2)cc1C. The molecule has 3 aromatic rings. The van der Waals surface area contributed by atoms with Crippen molar-refractivity contribution in [3.63, 3.8) is 0 Å². The Morgan fingerprint density at radius 3 is 2.45 bits per heavy atom. The van der Waals surface area contributed by atoms with E-state index < -0.39 is 10.0 Å². The van der Waals surface area contributed by atoms with Crippen molar-refractivity contribution in [3.05, 3.63) is 57.2 Å². The lowest BCUT2D eigenvalue weighted by Crippen LogP contribution is -2.41. The van der Waals surface area contributed by atoms with E-state index in [0.29, 0.717) is 17.5 Å². The van der Waals surface area contributed by atoms with Crippen LogP contribution in [-0.4, -0.2) is 36.3 Å². The number of nitrogens with one attached hydrogen (secondary N) is 1. The van der Waals surface area contributed by atoms with Gasteiger partial charge in [0.1, 0.15) is 0 Å². The Labute approximate surface area is 185 Å². The van der Waals surface area contributed by atoms with Crippen LogP contribution in [-0.2, 0) is 21.9 Å². The Kier molecular flexibility index (Phi) is 5.76. The molecule has 0 radical (unpaired) electrons. The first-order valence-electron chi connectivity index (χ1n) is 10.1. The molecule has 1 amide bonds. The lowest BCUT2D eigenvalue weighted by molar-refractivity contribution is -0.120. The van der Waals surface area contributed by atoms with E-state index in [0.717, 1.165) is 33.7 Å². The van der Waals surface area contributed by atoms with Gasteiger partial charge in [-0.3, -0.25) is 9.59 Å². The third kappa shape index (κ3) is 4.17. The number of amides is 1. The molecule has 1 saturated heterocycles. The maximum Gasteiger partial charge on any atom is 0.307 e. The van der Waals surface area contributed by atoms with Crippen molar-refractivity contribution in [1.82, 2.24) is 8.87 Å². The van der Waals surface area contributed by atoms with Crippen LogP contribution in [0.4, 0.5) is 5.69 Å². The fourth-order valence-corrected chi connectivity index (χ4v) is 6.34. The van der Waals surface area contributed by atoms with Gasteiger partial charge in [0.25, 0.3) is 0 Å². The molecule has 31 heavy (non-hydrogen) atoms. The number of anilines is 1. The minimum absolute atomic E-state index is 0.0734. The topological polar surface area (TPSA) is 88.5 Å². The van der Waals surface area contributed by atoms with Crippen LogP contribution in [0.25, 0.3) is 10.2 Å². The van der Waals surface area contributed by atoms with Gasteiger partial charge >= 0.3 is 4.87 Å². The Hall–Kier alpha value is -2.49. The molecule has 2 heterocycles. The lowest BCUT2D eigenvalue weighted by Gasteiger charge is -2.30. The first-order valence-corrected chi connectivity index (χ1v) is 12.4. The number of fused-ring (bicyclic) bond motifs is 1. The van der Waals surface area contributed by atoms with E-state index in [-0.39, 0.29) is 34.7 Å². The van der Waals surface area contributed by atoms with Crippen LogP contribution in [0.3, 0.4) is 0 Å². The number of rotatable bonds is 4. The lowest BCUT2D eigenvalue weighted by atomic mass is 9.97. The van der Waals surface area contributed by atoms with Gasteiger partial charge in [-0.2, -0.15) is 4.31 Å². The van der Waals surface area contributed by atoms with Crippen molar-refractivity contribution >= 4 is 43.2 Å². The number of hydrogen-bond acceptors (Lipinski definition) is 5. The van der Waals surface area contributed by atoms with Gasteiger partial charge in [-0.1, -0.05) is 17.4 Å². The van der Waals surface area contributed by atoms with Crippen LogP contribution in [0.5, 0.6) is 0 Å². The predicted octanol–water partition coefficient (Wildman–Crippen LogP) is 3.26. The van der Waals surface area contributed by atoms with Crippen LogP contribution in [0.15, 0.2) is 46.1 Å². The third-order valence-electron chi connectivity index (χ3n) is 6.00. The van der Waals surface area contributed by atoms with Crippen molar-refractivity contribution < 1.29 is 13.2 Å². The zero-order valence-corrected chi connectivity index (χ0v) is 19.3. The second-order valence-corrected chi connectivity index (χ2v) is 11.0. The zero-order chi connectivity index (χ0) is 22.3. The van der Waals surface area contributed by atoms with E-state index in [1.165, 1.54) is 8.87 Å². The van der Waals surface area contributed by atoms with Crippen molar-refractivity contribution in [2.45, 2.75) is 31.6 Å². The predicted molar refractivity (Wildman–Crippen MR) is 123 cm³/mol. The molecule has 0 unspecified atom stereocenters. The van der Waals surface area contributed by atoms with Crippen LogP contribution < -0.4 is 10.2 Å². The minimum atomic E-state index is -3.68. The van der Waals surface area contributed by atoms with E-state index >= 15 is 0 Å². The molecule has 164 valence electrons. The largest absolute Gasteiger partial charge is 0.326 e.